The Morgan fingerprint density at radius 2 is 1.69 bits per heavy atom. The average molecular weight is 381 g/mol. The van der Waals surface area contributed by atoms with Crippen molar-refractivity contribution in [1.82, 2.24) is 4.72 Å². The minimum Gasteiger partial charge on any atom is -0.497 e. The lowest BCUT2D eigenvalue weighted by Crippen LogP contribution is -2.43. The number of rotatable bonds is 8. The van der Waals surface area contributed by atoms with Gasteiger partial charge in [-0.3, -0.25) is 0 Å². The second kappa shape index (κ2) is 8.62. The molecule has 5 nitrogen and oxygen atoms in total. The quantitative estimate of drug-likeness (QED) is 0.736. The molecule has 0 aliphatic carbocycles. The molecule has 0 fully saturated rings. The zero-order valence-electron chi connectivity index (χ0n) is 15.0. The zero-order chi connectivity index (χ0) is 19.3. The Bertz CT molecular complexity index is 806. The van der Waals surface area contributed by atoms with E-state index >= 15 is 0 Å². The number of aliphatic hydroxyl groups is 1. The Balaban J connectivity index is 2.29. The van der Waals surface area contributed by atoms with E-state index in [2.05, 4.69) is 4.72 Å². The highest BCUT2D eigenvalue weighted by atomic mass is 32.2. The molecule has 2 aromatic carbocycles. The molecule has 0 aliphatic rings. The van der Waals surface area contributed by atoms with E-state index in [1.165, 1.54) is 12.1 Å². The number of halogens is 1. The zero-order valence-corrected chi connectivity index (χ0v) is 15.8. The van der Waals surface area contributed by atoms with Crippen LogP contribution in [0.2, 0.25) is 0 Å². The summed E-state index contributed by atoms with van der Waals surface area (Å²) in [5.41, 5.74) is 0.581. The molecule has 0 bridgehead atoms. The van der Waals surface area contributed by atoms with Crippen LogP contribution in [0.15, 0.2) is 53.4 Å². The Morgan fingerprint density at radius 1 is 1.12 bits per heavy atom. The van der Waals surface area contributed by atoms with Crippen molar-refractivity contribution in [3.05, 3.63) is 59.9 Å². The van der Waals surface area contributed by atoms with Gasteiger partial charge in [-0.25, -0.2) is 17.5 Å². The molecule has 0 amide bonds. The molecule has 0 aliphatic heterocycles. The summed E-state index contributed by atoms with van der Waals surface area (Å²) < 4.78 is 46.0. The van der Waals surface area contributed by atoms with Crippen molar-refractivity contribution < 1.29 is 22.7 Å². The van der Waals surface area contributed by atoms with Crippen molar-refractivity contribution in [3.8, 4) is 5.75 Å². The van der Waals surface area contributed by atoms with Crippen LogP contribution < -0.4 is 9.46 Å². The topological polar surface area (TPSA) is 75.6 Å². The first-order valence-electron chi connectivity index (χ1n) is 8.38. The smallest absolute Gasteiger partial charge is 0.240 e. The first kappa shape index (κ1) is 20.4. The molecule has 2 N–H and O–H groups in total. The lowest BCUT2D eigenvalue weighted by Gasteiger charge is -2.29. The van der Waals surface area contributed by atoms with E-state index in [1.54, 1.807) is 31.4 Å². The molecular formula is C19H24FNO4S. The highest BCUT2D eigenvalue weighted by molar-refractivity contribution is 7.89. The van der Waals surface area contributed by atoms with Gasteiger partial charge < -0.3 is 9.84 Å². The number of sulfonamides is 1. The van der Waals surface area contributed by atoms with E-state index in [4.69, 9.17) is 4.74 Å². The molecule has 0 spiro atoms. The fraction of sp³-hybridized carbons (Fsp3) is 0.368. The summed E-state index contributed by atoms with van der Waals surface area (Å²) in [5.74, 6) is 0.0101. The fourth-order valence-corrected chi connectivity index (χ4v) is 3.97. The lowest BCUT2D eigenvalue weighted by molar-refractivity contribution is 0.112. The maximum Gasteiger partial charge on any atom is 0.240 e. The van der Waals surface area contributed by atoms with Crippen LogP contribution in [-0.4, -0.2) is 26.7 Å². The third-order valence-corrected chi connectivity index (χ3v) is 5.94. The molecular weight excluding hydrogens is 357 g/mol. The summed E-state index contributed by atoms with van der Waals surface area (Å²) >= 11 is 0. The van der Waals surface area contributed by atoms with Gasteiger partial charge in [-0.2, -0.15) is 0 Å². The molecule has 2 aromatic rings. The summed E-state index contributed by atoms with van der Waals surface area (Å²) in [6, 6.07) is 10.7. The Hall–Kier alpha value is -1.96. The SMILES string of the molecule is CC[C@H](C)[C@H](NS(=O)(=O)c1ccc(F)cc1)C(O)c1ccc(OC)cc1. The maximum atomic E-state index is 13.1. The van der Waals surface area contributed by atoms with E-state index in [0.717, 1.165) is 12.1 Å². The molecule has 142 valence electrons. The summed E-state index contributed by atoms with van der Waals surface area (Å²) in [7, 11) is -2.35. The van der Waals surface area contributed by atoms with Gasteiger partial charge in [0.1, 0.15) is 11.6 Å². The Morgan fingerprint density at radius 3 is 2.19 bits per heavy atom. The van der Waals surface area contributed by atoms with E-state index in [9.17, 15) is 17.9 Å². The normalized spacial score (nSPS) is 15.3. The molecule has 0 saturated heterocycles. The molecule has 0 aromatic heterocycles. The van der Waals surface area contributed by atoms with Crippen LogP contribution in [-0.2, 0) is 10.0 Å². The van der Waals surface area contributed by atoms with Crippen LogP contribution in [0.1, 0.15) is 31.9 Å². The number of nitrogens with one attached hydrogen (secondary N) is 1. The lowest BCUT2D eigenvalue weighted by atomic mass is 9.91. The summed E-state index contributed by atoms with van der Waals surface area (Å²) in [6.07, 6.45) is -0.366. The molecule has 1 unspecified atom stereocenters. The largest absolute Gasteiger partial charge is 0.497 e. The molecule has 0 radical (unpaired) electrons. The van der Waals surface area contributed by atoms with Crippen LogP contribution in [0.4, 0.5) is 4.39 Å². The van der Waals surface area contributed by atoms with Crippen LogP contribution in [0, 0.1) is 11.7 Å². The molecule has 26 heavy (non-hydrogen) atoms. The van der Waals surface area contributed by atoms with Crippen molar-refractivity contribution in [1.29, 1.82) is 0 Å². The number of benzene rings is 2. The number of hydrogen-bond acceptors (Lipinski definition) is 4. The van der Waals surface area contributed by atoms with E-state index in [-0.39, 0.29) is 10.8 Å². The van der Waals surface area contributed by atoms with Crippen molar-refractivity contribution in [2.45, 2.75) is 37.3 Å². The van der Waals surface area contributed by atoms with Crippen LogP contribution in [0.3, 0.4) is 0 Å². The van der Waals surface area contributed by atoms with Crippen LogP contribution in [0.5, 0.6) is 5.75 Å². The first-order valence-corrected chi connectivity index (χ1v) is 9.86. The minimum absolute atomic E-state index is 0.0471. The molecule has 2 rings (SSSR count). The second-order valence-corrected chi connectivity index (χ2v) is 7.92. The van der Waals surface area contributed by atoms with Crippen LogP contribution in [0.25, 0.3) is 0 Å². The second-order valence-electron chi connectivity index (χ2n) is 6.20. The summed E-state index contributed by atoms with van der Waals surface area (Å²) in [5, 5.41) is 10.8. The number of hydrogen-bond donors (Lipinski definition) is 2. The van der Waals surface area contributed by atoms with Gasteiger partial charge in [-0.15, -0.1) is 0 Å². The van der Waals surface area contributed by atoms with E-state index < -0.39 is 28.0 Å². The molecule has 0 saturated carbocycles. The standard InChI is InChI=1S/C19H24FNO4S/c1-4-13(2)18(19(22)14-5-9-16(25-3)10-6-14)21-26(23,24)17-11-7-15(20)8-12-17/h5-13,18-19,21-22H,4H2,1-3H3/t13-,18-,19?/m0/s1. The highest BCUT2D eigenvalue weighted by Crippen LogP contribution is 2.27. The van der Waals surface area contributed by atoms with Gasteiger partial charge in [0.05, 0.1) is 24.2 Å². The molecule has 0 heterocycles. The molecule has 3 atom stereocenters. The van der Waals surface area contributed by atoms with Gasteiger partial charge >= 0.3 is 0 Å². The van der Waals surface area contributed by atoms with Crippen molar-refractivity contribution in [2.24, 2.45) is 5.92 Å². The summed E-state index contributed by atoms with van der Waals surface area (Å²) in [6.45, 7) is 3.79. The number of ether oxygens (including phenoxy) is 1. The van der Waals surface area contributed by atoms with Crippen LogP contribution >= 0.6 is 0 Å². The predicted octanol–water partition coefficient (Wildman–Crippen LogP) is 3.26. The monoisotopic (exact) mass is 381 g/mol. The van der Waals surface area contributed by atoms with Gasteiger partial charge in [0.25, 0.3) is 0 Å². The van der Waals surface area contributed by atoms with Gasteiger partial charge in [0, 0.05) is 0 Å². The molecule has 7 heteroatoms. The van der Waals surface area contributed by atoms with E-state index in [1.807, 2.05) is 13.8 Å². The van der Waals surface area contributed by atoms with Gasteiger partial charge in [-0.1, -0.05) is 32.4 Å². The van der Waals surface area contributed by atoms with E-state index in [0.29, 0.717) is 17.7 Å². The maximum absolute atomic E-state index is 13.1. The Kier molecular flexibility index (Phi) is 6.75. The summed E-state index contributed by atoms with van der Waals surface area (Å²) in [4.78, 5) is -0.0471. The fourth-order valence-electron chi connectivity index (χ4n) is 2.62. The highest BCUT2D eigenvalue weighted by Gasteiger charge is 2.30. The van der Waals surface area contributed by atoms with Crippen molar-refractivity contribution >= 4 is 10.0 Å². The third kappa shape index (κ3) is 4.81. The number of aliphatic hydroxyl groups excluding tert-OH is 1. The number of methoxy groups -OCH3 is 1. The van der Waals surface area contributed by atoms with Crippen molar-refractivity contribution in [2.75, 3.05) is 7.11 Å². The van der Waals surface area contributed by atoms with Crippen molar-refractivity contribution in [3.63, 3.8) is 0 Å². The first-order chi connectivity index (χ1) is 12.3. The average Bonchev–Trinajstić information content (AvgIpc) is 2.65. The predicted molar refractivity (Wildman–Crippen MR) is 97.9 cm³/mol. The Labute approximate surface area is 153 Å². The third-order valence-electron chi connectivity index (χ3n) is 4.47. The minimum atomic E-state index is -3.90. The van der Waals surface area contributed by atoms with Gasteiger partial charge in [-0.05, 0) is 47.9 Å². The van der Waals surface area contributed by atoms with Gasteiger partial charge in [0.2, 0.25) is 10.0 Å². The van der Waals surface area contributed by atoms with Gasteiger partial charge in [0.15, 0.2) is 0 Å².